The molecule has 1 atom stereocenters. The van der Waals surface area contributed by atoms with Gasteiger partial charge < -0.3 is 16.9 Å². The largest absolute Gasteiger partial charge is 0.373 e. The lowest BCUT2D eigenvalue weighted by Crippen LogP contribution is -2.43. The maximum Gasteiger partial charge on any atom is 0.256 e. The van der Waals surface area contributed by atoms with Crippen molar-refractivity contribution in [1.29, 1.82) is 0 Å². The SMILES string of the molecule is CS(=O)(=O)NC(=O)[C@H](Cc1cccc(C=NN)c1)Nc1ccc(-c2ccccc2C(N)=O)cc1. The summed E-state index contributed by atoms with van der Waals surface area (Å²) in [6, 6.07) is 20.4. The molecule has 0 spiro atoms. The third-order valence-corrected chi connectivity index (χ3v) is 5.52. The number of nitrogens with two attached hydrogens (primary N) is 2. The van der Waals surface area contributed by atoms with Crippen LogP contribution in [0.4, 0.5) is 5.69 Å². The summed E-state index contributed by atoms with van der Waals surface area (Å²) in [5.41, 5.74) is 9.45. The van der Waals surface area contributed by atoms with Gasteiger partial charge in [0.2, 0.25) is 15.9 Å². The fourth-order valence-corrected chi connectivity index (χ4v) is 3.99. The predicted molar refractivity (Wildman–Crippen MR) is 133 cm³/mol. The van der Waals surface area contributed by atoms with E-state index >= 15 is 0 Å². The summed E-state index contributed by atoms with van der Waals surface area (Å²) >= 11 is 0. The number of anilines is 1. The average Bonchev–Trinajstić information content (AvgIpc) is 2.78. The molecule has 0 fully saturated rings. The van der Waals surface area contributed by atoms with Gasteiger partial charge in [-0.25, -0.2) is 8.42 Å². The van der Waals surface area contributed by atoms with Gasteiger partial charge in [0, 0.05) is 17.7 Å². The van der Waals surface area contributed by atoms with Gasteiger partial charge in [-0.2, -0.15) is 5.10 Å². The van der Waals surface area contributed by atoms with Crippen molar-refractivity contribution >= 4 is 33.7 Å². The summed E-state index contributed by atoms with van der Waals surface area (Å²) in [5, 5.41) is 6.59. The zero-order valence-corrected chi connectivity index (χ0v) is 19.2. The Bertz CT molecular complexity index is 1320. The summed E-state index contributed by atoms with van der Waals surface area (Å²) < 4.78 is 25.3. The van der Waals surface area contributed by atoms with Crippen molar-refractivity contribution in [3.63, 3.8) is 0 Å². The van der Waals surface area contributed by atoms with Crippen LogP contribution in [0.3, 0.4) is 0 Å². The Morgan fingerprint density at radius 2 is 1.74 bits per heavy atom. The van der Waals surface area contributed by atoms with Gasteiger partial charge in [-0.05, 0) is 40.5 Å². The van der Waals surface area contributed by atoms with Crippen molar-refractivity contribution in [2.24, 2.45) is 16.7 Å². The molecule has 0 aromatic heterocycles. The fourth-order valence-electron chi connectivity index (χ4n) is 3.48. The van der Waals surface area contributed by atoms with Crippen molar-refractivity contribution in [2.45, 2.75) is 12.5 Å². The van der Waals surface area contributed by atoms with Crippen LogP contribution in [0.1, 0.15) is 21.5 Å². The van der Waals surface area contributed by atoms with Crippen LogP contribution < -0.4 is 21.6 Å². The van der Waals surface area contributed by atoms with Crippen LogP contribution in [0, 0.1) is 0 Å². The Hall–Kier alpha value is -4.18. The van der Waals surface area contributed by atoms with Crippen molar-refractivity contribution in [1.82, 2.24) is 4.72 Å². The van der Waals surface area contributed by atoms with Crippen LogP contribution in [0.15, 0.2) is 77.9 Å². The molecule has 0 radical (unpaired) electrons. The molecule has 3 aromatic rings. The Kier molecular flexibility index (Phi) is 7.64. The maximum atomic E-state index is 12.7. The molecule has 0 aliphatic carbocycles. The predicted octanol–water partition coefficient (Wildman–Crippen LogP) is 1.84. The Morgan fingerprint density at radius 1 is 1.03 bits per heavy atom. The number of primary amides is 1. The second-order valence-electron chi connectivity index (χ2n) is 7.65. The zero-order valence-electron chi connectivity index (χ0n) is 18.4. The molecule has 3 aromatic carbocycles. The van der Waals surface area contributed by atoms with Crippen LogP contribution in [0.5, 0.6) is 0 Å². The molecular formula is C24H25N5O4S. The summed E-state index contributed by atoms with van der Waals surface area (Å²) in [6.07, 6.45) is 2.61. The Morgan fingerprint density at radius 3 is 2.38 bits per heavy atom. The van der Waals surface area contributed by atoms with E-state index in [1.807, 2.05) is 29.0 Å². The summed E-state index contributed by atoms with van der Waals surface area (Å²) in [4.78, 5) is 24.5. The minimum atomic E-state index is -3.75. The Balaban J connectivity index is 1.87. The molecule has 2 amide bonds. The van der Waals surface area contributed by atoms with E-state index in [0.29, 0.717) is 16.8 Å². The Labute approximate surface area is 197 Å². The monoisotopic (exact) mass is 479 g/mol. The lowest BCUT2D eigenvalue weighted by atomic mass is 9.99. The number of sulfonamides is 1. The number of rotatable bonds is 9. The number of hydrogen-bond donors (Lipinski definition) is 4. The highest BCUT2D eigenvalue weighted by Gasteiger charge is 2.22. The molecule has 3 rings (SSSR count). The van der Waals surface area contributed by atoms with E-state index < -0.39 is 27.9 Å². The molecule has 0 aliphatic heterocycles. The van der Waals surface area contributed by atoms with Crippen molar-refractivity contribution in [2.75, 3.05) is 11.6 Å². The number of hydrogen-bond acceptors (Lipinski definition) is 7. The number of carbonyl (C=O) groups excluding carboxylic acids is 2. The molecule has 176 valence electrons. The van der Waals surface area contributed by atoms with Gasteiger partial charge >= 0.3 is 0 Å². The first-order chi connectivity index (χ1) is 16.2. The third-order valence-electron chi connectivity index (χ3n) is 4.95. The standard InChI is InChI=1S/C24H25N5O4S/c1-34(32,33)29-24(31)22(14-16-5-4-6-17(13-16)15-27-26)28-19-11-9-18(10-12-19)20-7-2-3-8-21(20)23(25)30/h2-13,15,22,28H,14,26H2,1H3,(H2,25,30)(H,29,31)/t22-/m0/s1. The lowest BCUT2D eigenvalue weighted by molar-refractivity contribution is -0.120. The van der Waals surface area contributed by atoms with E-state index in [9.17, 15) is 18.0 Å². The van der Waals surface area contributed by atoms with Crippen LogP contribution in [0.2, 0.25) is 0 Å². The molecule has 34 heavy (non-hydrogen) atoms. The molecule has 0 unspecified atom stereocenters. The van der Waals surface area contributed by atoms with E-state index in [2.05, 4.69) is 10.4 Å². The van der Waals surface area contributed by atoms with Crippen molar-refractivity contribution in [3.8, 4) is 11.1 Å². The first kappa shape index (κ1) is 24.5. The van der Waals surface area contributed by atoms with Gasteiger partial charge in [0.25, 0.3) is 5.91 Å². The molecule has 6 N–H and O–H groups in total. The van der Waals surface area contributed by atoms with E-state index in [1.54, 1.807) is 48.5 Å². The van der Waals surface area contributed by atoms with Crippen LogP contribution >= 0.6 is 0 Å². The maximum absolute atomic E-state index is 12.7. The topological polar surface area (TPSA) is 157 Å². The molecular weight excluding hydrogens is 454 g/mol. The van der Waals surface area contributed by atoms with Gasteiger partial charge in [-0.1, -0.05) is 54.6 Å². The summed E-state index contributed by atoms with van der Waals surface area (Å²) in [5.74, 6) is 3.99. The highest BCUT2D eigenvalue weighted by Crippen LogP contribution is 2.25. The quantitative estimate of drug-likeness (QED) is 0.208. The van der Waals surface area contributed by atoms with Gasteiger partial charge in [-0.3, -0.25) is 14.3 Å². The first-order valence-electron chi connectivity index (χ1n) is 10.3. The minimum absolute atomic E-state index is 0.208. The van der Waals surface area contributed by atoms with E-state index in [0.717, 1.165) is 22.9 Å². The van der Waals surface area contributed by atoms with E-state index in [1.165, 1.54) is 6.21 Å². The van der Waals surface area contributed by atoms with Crippen LogP contribution in [0.25, 0.3) is 11.1 Å². The molecule has 0 heterocycles. The van der Waals surface area contributed by atoms with Gasteiger partial charge in [-0.15, -0.1) is 0 Å². The second kappa shape index (κ2) is 10.6. The molecule has 0 bridgehead atoms. The molecule has 0 saturated heterocycles. The smallest absolute Gasteiger partial charge is 0.256 e. The van der Waals surface area contributed by atoms with E-state index in [-0.39, 0.29) is 6.42 Å². The summed E-state index contributed by atoms with van der Waals surface area (Å²) in [6.45, 7) is 0. The van der Waals surface area contributed by atoms with Crippen molar-refractivity contribution < 1.29 is 18.0 Å². The van der Waals surface area contributed by atoms with Gasteiger partial charge in [0.1, 0.15) is 6.04 Å². The lowest BCUT2D eigenvalue weighted by Gasteiger charge is -2.20. The van der Waals surface area contributed by atoms with Gasteiger partial charge in [0.15, 0.2) is 0 Å². The highest BCUT2D eigenvalue weighted by atomic mass is 32.2. The van der Waals surface area contributed by atoms with E-state index in [4.69, 9.17) is 11.6 Å². The average molecular weight is 480 g/mol. The zero-order chi connectivity index (χ0) is 24.7. The summed E-state index contributed by atoms with van der Waals surface area (Å²) in [7, 11) is -3.75. The number of benzene rings is 3. The molecule has 0 aliphatic rings. The molecule has 9 nitrogen and oxygen atoms in total. The number of nitrogens with zero attached hydrogens (tertiary/aromatic N) is 1. The number of amides is 2. The van der Waals surface area contributed by atoms with Crippen molar-refractivity contribution in [3.05, 3.63) is 89.5 Å². The number of hydrazone groups is 1. The minimum Gasteiger partial charge on any atom is -0.373 e. The number of carbonyl (C=O) groups is 2. The molecule has 10 heteroatoms. The highest BCUT2D eigenvalue weighted by molar-refractivity contribution is 7.89. The second-order valence-corrected chi connectivity index (χ2v) is 9.40. The number of nitrogens with one attached hydrogen (secondary N) is 2. The van der Waals surface area contributed by atoms with Crippen LogP contribution in [-0.2, 0) is 21.2 Å². The normalized spacial score (nSPS) is 12.3. The van der Waals surface area contributed by atoms with Crippen LogP contribution in [-0.4, -0.2) is 38.7 Å². The third kappa shape index (κ3) is 6.66. The fraction of sp³-hybridized carbons (Fsp3) is 0.125. The van der Waals surface area contributed by atoms with Gasteiger partial charge in [0.05, 0.1) is 12.5 Å². The first-order valence-corrected chi connectivity index (χ1v) is 12.1. The molecule has 0 saturated carbocycles.